The lowest BCUT2D eigenvalue weighted by Crippen LogP contribution is -2.29. The zero-order valence-corrected chi connectivity index (χ0v) is 23.7. The molecule has 3 aromatic carbocycles. The van der Waals surface area contributed by atoms with E-state index in [-0.39, 0.29) is 17.9 Å². The summed E-state index contributed by atoms with van der Waals surface area (Å²) < 4.78 is 27.9. The molecule has 0 saturated carbocycles. The molecule has 2 heterocycles. The van der Waals surface area contributed by atoms with Crippen molar-refractivity contribution in [2.24, 2.45) is 0 Å². The highest BCUT2D eigenvalue weighted by molar-refractivity contribution is 6.46. The summed E-state index contributed by atoms with van der Waals surface area (Å²) in [5.74, 6) is 0.185. The topological polar surface area (TPSA) is 108 Å². The maximum Gasteiger partial charge on any atom is 0.296 e. The van der Waals surface area contributed by atoms with Gasteiger partial charge < -0.3 is 33.4 Å². The Labute approximate surface area is 243 Å². The van der Waals surface area contributed by atoms with Crippen LogP contribution in [0.15, 0.2) is 89.0 Å². The third-order valence-corrected chi connectivity index (χ3v) is 7.23. The quantitative estimate of drug-likeness (QED) is 0.145. The Morgan fingerprint density at radius 3 is 2.19 bits per heavy atom. The van der Waals surface area contributed by atoms with Gasteiger partial charge in [0.15, 0.2) is 11.5 Å². The predicted molar refractivity (Wildman–Crippen MR) is 155 cm³/mol. The summed E-state index contributed by atoms with van der Waals surface area (Å²) in [5.41, 5.74) is 2.94. The number of nitrogens with zero attached hydrogens (tertiary/aromatic N) is 1. The van der Waals surface area contributed by atoms with Crippen molar-refractivity contribution in [3.63, 3.8) is 0 Å². The van der Waals surface area contributed by atoms with E-state index in [1.165, 1.54) is 32.5 Å². The first-order valence-electron chi connectivity index (χ1n) is 13.2. The molecule has 1 unspecified atom stereocenters. The molecule has 216 valence electrons. The Hall–Kier alpha value is -5.18. The Kier molecular flexibility index (Phi) is 8.19. The normalized spacial score (nSPS) is 16.0. The molecule has 1 amide bonds. The fraction of sp³-hybridized carbons (Fsp3) is 0.212. The summed E-state index contributed by atoms with van der Waals surface area (Å²) in [6.45, 7) is 2.41. The minimum atomic E-state index is -0.971. The fourth-order valence-corrected chi connectivity index (χ4v) is 5.02. The van der Waals surface area contributed by atoms with Crippen LogP contribution in [0.5, 0.6) is 23.0 Å². The summed E-state index contributed by atoms with van der Waals surface area (Å²) in [7, 11) is 4.44. The molecular formula is C33H31NO8. The van der Waals surface area contributed by atoms with Crippen molar-refractivity contribution in [2.75, 3.05) is 21.3 Å². The Morgan fingerprint density at radius 1 is 0.905 bits per heavy atom. The highest BCUT2D eigenvalue weighted by Crippen LogP contribution is 2.46. The highest BCUT2D eigenvalue weighted by atomic mass is 16.5. The molecule has 42 heavy (non-hydrogen) atoms. The van der Waals surface area contributed by atoms with Gasteiger partial charge >= 0.3 is 0 Å². The molecule has 1 fully saturated rings. The van der Waals surface area contributed by atoms with Crippen molar-refractivity contribution in [3.05, 3.63) is 113 Å². The minimum absolute atomic E-state index is 0.00135. The van der Waals surface area contributed by atoms with Crippen LogP contribution in [-0.2, 0) is 22.7 Å². The number of furan rings is 1. The van der Waals surface area contributed by atoms with Crippen LogP contribution in [0.1, 0.15) is 34.1 Å². The maximum atomic E-state index is 13.5. The van der Waals surface area contributed by atoms with E-state index in [9.17, 15) is 14.7 Å². The summed E-state index contributed by atoms with van der Waals surface area (Å²) in [4.78, 5) is 28.2. The average molecular weight is 570 g/mol. The van der Waals surface area contributed by atoms with Crippen LogP contribution in [0.25, 0.3) is 5.76 Å². The van der Waals surface area contributed by atoms with Crippen LogP contribution in [0.2, 0.25) is 0 Å². The number of aliphatic hydroxyl groups is 1. The van der Waals surface area contributed by atoms with Crippen molar-refractivity contribution in [1.29, 1.82) is 0 Å². The van der Waals surface area contributed by atoms with Gasteiger partial charge in [-0.2, -0.15) is 0 Å². The monoisotopic (exact) mass is 569 g/mol. The van der Waals surface area contributed by atoms with E-state index in [2.05, 4.69) is 0 Å². The molecular weight excluding hydrogens is 538 g/mol. The van der Waals surface area contributed by atoms with Crippen LogP contribution in [0.3, 0.4) is 0 Å². The molecule has 1 atom stereocenters. The van der Waals surface area contributed by atoms with Crippen molar-refractivity contribution in [1.82, 2.24) is 4.90 Å². The van der Waals surface area contributed by atoms with Gasteiger partial charge in [-0.15, -0.1) is 0 Å². The summed E-state index contributed by atoms with van der Waals surface area (Å²) in [5, 5.41) is 11.5. The van der Waals surface area contributed by atoms with Gasteiger partial charge in [0.1, 0.15) is 23.9 Å². The number of carbonyl (C=O) groups is 2. The number of hydrogen-bond acceptors (Lipinski definition) is 8. The third kappa shape index (κ3) is 5.41. The maximum absolute atomic E-state index is 13.5. The second-order valence-electron chi connectivity index (χ2n) is 9.70. The van der Waals surface area contributed by atoms with Gasteiger partial charge in [-0.05, 0) is 72.1 Å². The van der Waals surface area contributed by atoms with Crippen LogP contribution >= 0.6 is 0 Å². The smallest absolute Gasteiger partial charge is 0.296 e. The number of likely N-dealkylation sites (tertiary alicyclic amines) is 1. The van der Waals surface area contributed by atoms with Crippen LogP contribution in [-0.4, -0.2) is 43.0 Å². The molecule has 1 saturated heterocycles. The van der Waals surface area contributed by atoms with Crippen molar-refractivity contribution in [3.8, 4) is 23.0 Å². The van der Waals surface area contributed by atoms with Crippen molar-refractivity contribution in [2.45, 2.75) is 26.1 Å². The number of carbonyl (C=O) groups excluding carboxylic acids is 2. The van der Waals surface area contributed by atoms with Crippen LogP contribution in [0.4, 0.5) is 0 Å². The number of benzene rings is 3. The lowest BCUT2D eigenvalue weighted by atomic mass is 9.94. The van der Waals surface area contributed by atoms with E-state index in [0.717, 1.165) is 11.1 Å². The number of hydrogen-bond donors (Lipinski definition) is 1. The first kappa shape index (κ1) is 28.4. The van der Waals surface area contributed by atoms with Crippen LogP contribution < -0.4 is 18.9 Å². The SMILES string of the molecule is COc1cc(C2/C(=C(/O)c3ccc(OCc4ccccc4C)cc3)C(=O)C(=O)N2Cc2ccco2)cc(OC)c1OC. The Bertz CT molecular complexity index is 1600. The van der Waals surface area contributed by atoms with Crippen LogP contribution in [0, 0.1) is 6.92 Å². The summed E-state index contributed by atoms with van der Waals surface area (Å²) >= 11 is 0. The summed E-state index contributed by atoms with van der Waals surface area (Å²) in [6, 6.07) is 20.4. The Morgan fingerprint density at radius 2 is 1.60 bits per heavy atom. The lowest BCUT2D eigenvalue weighted by Gasteiger charge is -2.26. The van der Waals surface area contributed by atoms with E-state index in [0.29, 0.717) is 46.5 Å². The molecule has 9 nitrogen and oxygen atoms in total. The molecule has 1 aliphatic rings. The van der Waals surface area contributed by atoms with E-state index in [1.54, 1.807) is 48.5 Å². The number of rotatable bonds is 10. The molecule has 0 aliphatic carbocycles. The summed E-state index contributed by atoms with van der Waals surface area (Å²) in [6.07, 6.45) is 1.49. The van der Waals surface area contributed by atoms with Gasteiger partial charge in [0, 0.05) is 5.56 Å². The number of amides is 1. The van der Waals surface area contributed by atoms with Crippen molar-refractivity contribution >= 4 is 17.4 Å². The van der Waals surface area contributed by atoms with Gasteiger partial charge in [0.05, 0.1) is 45.8 Å². The molecule has 1 aliphatic heterocycles. The van der Waals surface area contributed by atoms with Gasteiger partial charge in [-0.25, -0.2) is 0 Å². The molecule has 9 heteroatoms. The van der Waals surface area contributed by atoms with E-state index < -0.39 is 17.7 Å². The molecule has 5 rings (SSSR count). The van der Waals surface area contributed by atoms with E-state index >= 15 is 0 Å². The fourth-order valence-electron chi connectivity index (χ4n) is 5.02. The number of Topliss-reactive ketones (excluding diaryl/α,β-unsaturated/α-hetero) is 1. The molecule has 0 bridgehead atoms. The van der Waals surface area contributed by atoms with Gasteiger partial charge in [-0.3, -0.25) is 9.59 Å². The molecule has 4 aromatic rings. The number of aryl methyl sites for hydroxylation is 1. The zero-order valence-electron chi connectivity index (χ0n) is 23.7. The van der Waals surface area contributed by atoms with E-state index in [1.807, 2.05) is 31.2 Å². The second kappa shape index (κ2) is 12.1. The number of methoxy groups -OCH3 is 3. The number of aliphatic hydroxyl groups excluding tert-OH is 1. The molecule has 1 aromatic heterocycles. The first-order valence-corrected chi connectivity index (χ1v) is 13.2. The third-order valence-electron chi connectivity index (χ3n) is 7.23. The van der Waals surface area contributed by atoms with E-state index in [4.69, 9.17) is 23.4 Å². The van der Waals surface area contributed by atoms with Gasteiger partial charge in [0.2, 0.25) is 5.75 Å². The van der Waals surface area contributed by atoms with Crippen molar-refractivity contribution < 1.29 is 38.1 Å². The molecule has 0 spiro atoms. The number of ketones is 1. The lowest BCUT2D eigenvalue weighted by molar-refractivity contribution is -0.140. The zero-order chi connectivity index (χ0) is 29.8. The Balaban J connectivity index is 1.55. The van der Waals surface area contributed by atoms with Gasteiger partial charge in [0.25, 0.3) is 11.7 Å². The largest absolute Gasteiger partial charge is 0.507 e. The average Bonchev–Trinajstić information content (AvgIpc) is 3.62. The number of ether oxygens (including phenoxy) is 4. The predicted octanol–water partition coefficient (Wildman–Crippen LogP) is 5.81. The molecule has 1 N–H and O–H groups in total. The molecule has 0 radical (unpaired) electrons. The minimum Gasteiger partial charge on any atom is -0.507 e. The standard InChI is InChI=1S/C33H31NO8/c1-20-8-5-6-9-22(20)19-42-24-13-11-21(12-14-24)30(35)28-29(23-16-26(38-2)32(40-4)27(17-23)39-3)34(33(37)31(28)36)18-25-10-7-15-41-25/h5-17,29,35H,18-19H2,1-4H3/b30-28-. The highest BCUT2D eigenvalue weighted by Gasteiger charge is 2.47. The van der Waals surface area contributed by atoms with Gasteiger partial charge in [-0.1, -0.05) is 24.3 Å². The first-order chi connectivity index (χ1) is 20.4. The second-order valence-corrected chi connectivity index (χ2v) is 9.70.